The Morgan fingerprint density at radius 1 is 1.22 bits per heavy atom. The summed E-state index contributed by atoms with van der Waals surface area (Å²) in [6.07, 6.45) is 8.22. The molecule has 2 fully saturated rings. The lowest BCUT2D eigenvalue weighted by Crippen LogP contribution is -2.52. The summed E-state index contributed by atoms with van der Waals surface area (Å²) in [4.78, 5) is 12.2. The van der Waals surface area contributed by atoms with Crippen molar-refractivity contribution in [3.05, 3.63) is 41.7 Å². The zero-order chi connectivity index (χ0) is 22.5. The molecule has 10 heteroatoms. The highest BCUT2D eigenvalue weighted by Crippen LogP contribution is 2.32. The maximum atomic E-state index is 13.7. The van der Waals surface area contributed by atoms with Crippen molar-refractivity contribution in [2.24, 2.45) is 0 Å². The Hall–Kier alpha value is -2.59. The van der Waals surface area contributed by atoms with Crippen LogP contribution in [0.25, 0.3) is 0 Å². The molecule has 1 saturated heterocycles. The van der Waals surface area contributed by atoms with Crippen LogP contribution in [0.5, 0.6) is 0 Å². The number of aliphatic hydroxyl groups excluding tert-OH is 1. The van der Waals surface area contributed by atoms with Crippen LogP contribution in [-0.4, -0.2) is 51.0 Å². The number of nitrogens with one attached hydrogen (secondary N) is 2. The molecule has 1 aliphatic carbocycles. The van der Waals surface area contributed by atoms with E-state index in [1.54, 1.807) is 0 Å². The zero-order valence-electron chi connectivity index (χ0n) is 17.8. The summed E-state index contributed by atoms with van der Waals surface area (Å²) in [7, 11) is 0. The van der Waals surface area contributed by atoms with Gasteiger partial charge in [0.15, 0.2) is 0 Å². The van der Waals surface area contributed by atoms with Crippen molar-refractivity contribution in [2.75, 3.05) is 11.9 Å². The van der Waals surface area contributed by atoms with Gasteiger partial charge in [-0.3, -0.25) is 4.68 Å². The van der Waals surface area contributed by atoms with Crippen molar-refractivity contribution in [1.29, 1.82) is 0 Å². The van der Waals surface area contributed by atoms with Crippen molar-refractivity contribution in [3.8, 4) is 0 Å². The van der Waals surface area contributed by atoms with Crippen LogP contribution >= 0.6 is 0 Å². The van der Waals surface area contributed by atoms with Gasteiger partial charge in [0.2, 0.25) is 0 Å². The molecule has 0 unspecified atom stereocenters. The number of ether oxygens (including phenoxy) is 1. The fourth-order valence-corrected chi connectivity index (χ4v) is 4.54. The quantitative estimate of drug-likeness (QED) is 0.602. The van der Waals surface area contributed by atoms with Crippen LogP contribution in [0.3, 0.4) is 0 Å². The minimum absolute atomic E-state index is 0.0759. The molecule has 1 aromatic carbocycles. The van der Waals surface area contributed by atoms with Crippen LogP contribution < -0.4 is 10.6 Å². The summed E-state index contributed by atoms with van der Waals surface area (Å²) < 4.78 is 34.8. The molecular weight excluding hydrogens is 420 g/mol. The standard InChI is InChI=1S/C22H29F2N5O3/c23-15-5-7-17(24)19(11-15)26-22(31)25-18-8-6-16(32-21(18)13-30)9-10-29-12-20(27-28-29)14-3-1-2-4-14/h5,7,11-12,14,16,18,21,30H,1-4,6,8-10,13H2,(H2,25,26,31)/t16-,18-,21+/m1/s1. The van der Waals surface area contributed by atoms with Gasteiger partial charge in [-0.15, -0.1) is 5.10 Å². The van der Waals surface area contributed by atoms with E-state index in [-0.39, 0.29) is 18.4 Å². The van der Waals surface area contributed by atoms with Gasteiger partial charge in [0.1, 0.15) is 17.7 Å². The highest BCUT2D eigenvalue weighted by molar-refractivity contribution is 5.89. The summed E-state index contributed by atoms with van der Waals surface area (Å²) in [5.74, 6) is -0.863. The predicted octanol–water partition coefficient (Wildman–Crippen LogP) is 3.33. The Morgan fingerprint density at radius 2 is 2.03 bits per heavy atom. The van der Waals surface area contributed by atoms with E-state index >= 15 is 0 Å². The Morgan fingerprint density at radius 3 is 2.81 bits per heavy atom. The molecule has 1 saturated carbocycles. The van der Waals surface area contributed by atoms with Crippen molar-refractivity contribution >= 4 is 11.7 Å². The first-order valence-electron chi connectivity index (χ1n) is 11.2. The highest BCUT2D eigenvalue weighted by Gasteiger charge is 2.32. The average Bonchev–Trinajstić information content (AvgIpc) is 3.47. The van der Waals surface area contributed by atoms with Crippen LogP contribution in [0.2, 0.25) is 0 Å². The van der Waals surface area contributed by atoms with E-state index in [0.717, 1.165) is 30.3 Å². The summed E-state index contributed by atoms with van der Waals surface area (Å²) in [5.41, 5.74) is 0.813. The maximum Gasteiger partial charge on any atom is 0.319 e. The lowest BCUT2D eigenvalue weighted by atomic mass is 9.97. The number of benzene rings is 1. The third-order valence-corrected chi connectivity index (χ3v) is 6.30. The lowest BCUT2D eigenvalue weighted by molar-refractivity contribution is -0.0905. The number of halogens is 2. The summed E-state index contributed by atoms with van der Waals surface area (Å²) >= 11 is 0. The summed E-state index contributed by atoms with van der Waals surface area (Å²) in [6.45, 7) is 0.408. The Bertz CT molecular complexity index is 919. The monoisotopic (exact) mass is 449 g/mol. The Balaban J connectivity index is 1.25. The molecule has 8 nitrogen and oxygen atoms in total. The normalized spacial score (nSPS) is 23.9. The number of rotatable bonds is 7. The predicted molar refractivity (Wildman–Crippen MR) is 113 cm³/mol. The molecule has 0 radical (unpaired) electrons. The lowest BCUT2D eigenvalue weighted by Gasteiger charge is -2.36. The molecule has 32 heavy (non-hydrogen) atoms. The van der Waals surface area contributed by atoms with Gasteiger partial charge in [0.05, 0.1) is 30.1 Å². The SMILES string of the molecule is O=C(Nc1cc(F)ccc1F)N[C@@H]1CC[C@H](CCn2cc(C3CCCC3)nn2)O[C@H]1CO. The minimum Gasteiger partial charge on any atom is -0.394 e. The van der Waals surface area contributed by atoms with Gasteiger partial charge < -0.3 is 20.5 Å². The number of nitrogens with zero attached hydrogens (tertiary/aromatic N) is 3. The molecule has 3 atom stereocenters. The number of anilines is 1. The Kier molecular flexibility index (Phi) is 7.31. The molecule has 0 bridgehead atoms. The van der Waals surface area contributed by atoms with E-state index in [9.17, 15) is 18.7 Å². The molecule has 0 spiro atoms. The van der Waals surface area contributed by atoms with Gasteiger partial charge in [-0.1, -0.05) is 18.1 Å². The van der Waals surface area contributed by atoms with Crippen molar-refractivity contribution < 1.29 is 23.4 Å². The van der Waals surface area contributed by atoms with E-state index in [1.807, 2.05) is 10.9 Å². The van der Waals surface area contributed by atoms with E-state index in [0.29, 0.717) is 25.3 Å². The number of urea groups is 1. The van der Waals surface area contributed by atoms with Crippen molar-refractivity contribution in [2.45, 2.75) is 75.7 Å². The first-order chi connectivity index (χ1) is 15.5. The number of amides is 2. The minimum atomic E-state index is -0.732. The molecule has 174 valence electrons. The van der Waals surface area contributed by atoms with Crippen LogP contribution in [0.15, 0.2) is 24.4 Å². The molecule has 2 aliphatic rings. The first kappa shape index (κ1) is 22.6. The zero-order valence-corrected chi connectivity index (χ0v) is 17.8. The second-order valence-corrected chi connectivity index (χ2v) is 8.56. The van der Waals surface area contributed by atoms with Crippen LogP contribution in [0, 0.1) is 11.6 Å². The number of carbonyl (C=O) groups excluding carboxylic acids is 1. The van der Waals surface area contributed by atoms with Gasteiger partial charge in [0.25, 0.3) is 0 Å². The number of aromatic nitrogens is 3. The van der Waals surface area contributed by atoms with Crippen molar-refractivity contribution in [1.82, 2.24) is 20.3 Å². The van der Waals surface area contributed by atoms with E-state index in [4.69, 9.17) is 4.74 Å². The first-order valence-corrected chi connectivity index (χ1v) is 11.2. The van der Waals surface area contributed by atoms with Crippen LogP contribution in [0.1, 0.15) is 56.6 Å². The second kappa shape index (κ2) is 10.4. The van der Waals surface area contributed by atoms with Crippen LogP contribution in [0.4, 0.5) is 19.3 Å². The van der Waals surface area contributed by atoms with Gasteiger partial charge >= 0.3 is 6.03 Å². The number of carbonyl (C=O) groups is 1. The van der Waals surface area contributed by atoms with Gasteiger partial charge in [0, 0.05) is 24.7 Å². The molecule has 4 rings (SSSR count). The molecule has 1 aromatic heterocycles. The van der Waals surface area contributed by atoms with E-state index in [1.165, 1.54) is 25.7 Å². The van der Waals surface area contributed by atoms with Gasteiger partial charge in [-0.25, -0.2) is 13.6 Å². The smallest absolute Gasteiger partial charge is 0.319 e. The summed E-state index contributed by atoms with van der Waals surface area (Å²) in [6, 6.07) is 1.72. The molecule has 2 heterocycles. The molecular formula is C22H29F2N5O3. The molecule has 3 N–H and O–H groups in total. The van der Waals surface area contributed by atoms with Crippen LogP contribution in [-0.2, 0) is 11.3 Å². The topological polar surface area (TPSA) is 101 Å². The second-order valence-electron chi connectivity index (χ2n) is 8.56. The summed E-state index contributed by atoms with van der Waals surface area (Å²) in [5, 5.41) is 23.3. The number of hydrogen-bond acceptors (Lipinski definition) is 5. The number of aryl methyl sites for hydroxylation is 1. The maximum absolute atomic E-state index is 13.7. The van der Waals surface area contributed by atoms with Gasteiger partial charge in [-0.2, -0.15) is 0 Å². The third-order valence-electron chi connectivity index (χ3n) is 6.30. The molecule has 1 aliphatic heterocycles. The fourth-order valence-electron chi connectivity index (χ4n) is 4.54. The highest BCUT2D eigenvalue weighted by atomic mass is 19.1. The van der Waals surface area contributed by atoms with E-state index < -0.39 is 29.8 Å². The largest absolute Gasteiger partial charge is 0.394 e. The van der Waals surface area contributed by atoms with E-state index in [2.05, 4.69) is 20.9 Å². The molecule has 2 amide bonds. The number of aliphatic hydroxyl groups is 1. The average molecular weight is 450 g/mol. The Labute approximate surface area is 185 Å². The molecule has 2 aromatic rings. The third kappa shape index (κ3) is 5.60. The van der Waals surface area contributed by atoms with Gasteiger partial charge in [-0.05, 0) is 44.2 Å². The fraction of sp³-hybridized carbons (Fsp3) is 0.591. The number of hydrogen-bond donors (Lipinski definition) is 3. The van der Waals surface area contributed by atoms with Crippen molar-refractivity contribution in [3.63, 3.8) is 0 Å².